The first-order valence-electron chi connectivity index (χ1n) is 3.71. The lowest BCUT2D eigenvalue weighted by Gasteiger charge is -2.04. The van der Waals surface area contributed by atoms with Crippen LogP contribution in [0, 0.1) is 0 Å². The number of rotatable bonds is 5. The van der Waals surface area contributed by atoms with Crippen LogP contribution in [0.4, 0.5) is 4.39 Å². The van der Waals surface area contributed by atoms with Crippen LogP contribution in [-0.2, 0) is 0 Å². The van der Waals surface area contributed by atoms with Gasteiger partial charge in [0.15, 0.2) is 0 Å². The predicted molar refractivity (Wildman–Crippen MR) is 42.6 cm³/mol. The van der Waals surface area contributed by atoms with Gasteiger partial charge >= 0.3 is 0 Å². The molecule has 0 saturated heterocycles. The Morgan fingerprint density at radius 2 is 2.30 bits per heavy atom. The Morgan fingerprint density at radius 3 is 2.70 bits per heavy atom. The molecule has 0 aliphatic carbocycles. The molecule has 0 bridgehead atoms. The van der Waals surface area contributed by atoms with Gasteiger partial charge in [0, 0.05) is 6.54 Å². The summed E-state index contributed by atoms with van der Waals surface area (Å²) < 4.78 is 12.5. The molecule has 0 aliphatic heterocycles. The molecule has 0 fully saturated rings. The lowest BCUT2D eigenvalue weighted by atomic mass is 10.1. The highest BCUT2D eigenvalue weighted by Crippen LogP contribution is 2.09. The molecular weight excluding hydrogens is 129 g/mol. The average Bonchev–Trinajstić information content (AvgIpc) is 1.99. The second-order valence-electron chi connectivity index (χ2n) is 2.50. The van der Waals surface area contributed by atoms with Crippen molar-refractivity contribution < 1.29 is 4.39 Å². The molecule has 0 heterocycles. The fraction of sp³-hybridized carbons (Fsp3) is 0.750. The molecule has 60 valence electrons. The maximum atomic E-state index is 12.5. The molecule has 0 saturated carbocycles. The van der Waals surface area contributed by atoms with Crippen molar-refractivity contribution in [2.75, 3.05) is 6.54 Å². The average molecular weight is 145 g/mol. The molecule has 2 N–H and O–H groups in total. The molecule has 0 aromatic heterocycles. The zero-order chi connectivity index (χ0) is 7.98. The van der Waals surface area contributed by atoms with Gasteiger partial charge in [-0.2, -0.15) is 0 Å². The minimum atomic E-state index is -0.678. The van der Waals surface area contributed by atoms with Crippen LogP contribution in [0.5, 0.6) is 0 Å². The Kier molecular flexibility index (Phi) is 5.22. The van der Waals surface area contributed by atoms with Crippen molar-refractivity contribution in [2.45, 2.75) is 32.4 Å². The molecule has 0 aromatic rings. The second kappa shape index (κ2) is 5.42. The zero-order valence-corrected chi connectivity index (χ0v) is 6.57. The van der Waals surface area contributed by atoms with Crippen molar-refractivity contribution in [2.24, 2.45) is 5.73 Å². The Hall–Kier alpha value is -0.370. The standard InChI is InChI=1S/C8H16FN/c1-3-8(9)5-4-7(2)6-10/h8H,2-6,10H2,1H3. The highest BCUT2D eigenvalue weighted by atomic mass is 19.1. The molecule has 0 radical (unpaired) electrons. The van der Waals surface area contributed by atoms with Gasteiger partial charge in [-0.15, -0.1) is 0 Å². The molecule has 2 heteroatoms. The number of halogens is 1. The van der Waals surface area contributed by atoms with Crippen LogP contribution < -0.4 is 5.73 Å². The fourth-order valence-corrected chi connectivity index (χ4v) is 0.667. The van der Waals surface area contributed by atoms with Crippen LogP contribution in [0.1, 0.15) is 26.2 Å². The normalized spacial score (nSPS) is 13.1. The number of hydrogen-bond acceptors (Lipinski definition) is 1. The third kappa shape index (κ3) is 4.50. The SMILES string of the molecule is C=C(CN)CCC(F)CC. The van der Waals surface area contributed by atoms with E-state index in [0.717, 1.165) is 12.0 Å². The lowest BCUT2D eigenvalue weighted by Crippen LogP contribution is -2.05. The summed E-state index contributed by atoms with van der Waals surface area (Å²) in [5.74, 6) is 0. The Morgan fingerprint density at radius 1 is 1.70 bits per heavy atom. The first-order chi connectivity index (χ1) is 4.70. The minimum Gasteiger partial charge on any atom is -0.327 e. The molecule has 1 unspecified atom stereocenters. The predicted octanol–water partition coefficient (Wildman–Crippen LogP) is 2.03. The molecule has 0 amide bonds. The van der Waals surface area contributed by atoms with Crippen molar-refractivity contribution in [3.8, 4) is 0 Å². The summed E-state index contributed by atoms with van der Waals surface area (Å²) in [4.78, 5) is 0. The summed E-state index contributed by atoms with van der Waals surface area (Å²) in [5.41, 5.74) is 6.22. The molecule has 0 rings (SSSR count). The number of nitrogens with two attached hydrogens (primary N) is 1. The Balaban J connectivity index is 3.26. The maximum Gasteiger partial charge on any atom is 0.100 e. The number of alkyl halides is 1. The second-order valence-corrected chi connectivity index (χ2v) is 2.50. The summed E-state index contributed by atoms with van der Waals surface area (Å²) in [5, 5.41) is 0. The Labute approximate surface area is 62.1 Å². The van der Waals surface area contributed by atoms with Crippen molar-refractivity contribution in [1.82, 2.24) is 0 Å². The van der Waals surface area contributed by atoms with E-state index in [-0.39, 0.29) is 0 Å². The minimum absolute atomic E-state index is 0.483. The lowest BCUT2D eigenvalue weighted by molar-refractivity contribution is 0.305. The van der Waals surface area contributed by atoms with E-state index < -0.39 is 6.17 Å². The summed E-state index contributed by atoms with van der Waals surface area (Å²) in [6, 6.07) is 0. The Bertz CT molecular complexity index is 101. The maximum absolute atomic E-state index is 12.5. The van der Waals surface area contributed by atoms with Crippen LogP contribution in [0.2, 0.25) is 0 Å². The van der Waals surface area contributed by atoms with Gasteiger partial charge < -0.3 is 5.73 Å². The summed E-state index contributed by atoms with van der Waals surface area (Å²) in [6.45, 7) is 6.01. The van der Waals surface area contributed by atoms with Gasteiger partial charge in [0.05, 0.1) is 0 Å². The van der Waals surface area contributed by atoms with Crippen molar-refractivity contribution in [3.05, 3.63) is 12.2 Å². The van der Waals surface area contributed by atoms with E-state index in [4.69, 9.17) is 5.73 Å². The van der Waals surface area contributed by atoms with Crippen LogP contribution in [-0.4, -0.2) is 12.7 Å². The summed E-state index contributed by atoms with van der Waals surface area (Å²) in [6.07, 6.45) is 1.22. The first kappa shape index (κ1) is 9.63. The number of hydrogen-bond donors (Lipinski definition) is 1. The van der Waals surface area contributed by atoms with Crippen LogP contribution in [0.3, 0.4) is 0 Å². The van der Waals surface area contributed by atoms with E-state index in [2.05, 4.69) is 6.58 Å². The van der Waals surface area contributed by atoms with Crippen LogP contribution in [0.15, 0.2) is 12.2 Å². The molecule has 10 heavy (non-hydrogen) atoms. The van der Waals surface area contributed by atoms with Gasteiger partial charge in [0.2, 0.25) is 0 Å². The topological polar surface area (TPSA) is 26.0 Å². The molecule has 0 aromatic carbocycles. The van der Waals surface area contributed by atoms with E-state index in [1.165, 1.54) is 0 Å². The van der Waals surface area contributed by atoms with E-state index in [9.17, 15) is 4.39 Å². The van der Waals surface area contributed by atoms with E-state index in [1.54, 1.807) is 0 Å². The van der Waals surface area contributed by atoms with Gasteiger partial charge in [0.25, 0.3) is 0 Å². The molecule has 0 aliphatic rings. The summed E-state index contributed by atoms with van der Waals surface area (Å²) in [7, 11) is 0. The van der Waals surface area contributed by atoms with Crippen LogP contribution in [0.25, 0.3) is 0 Å². The van der Waals surface area contributed by atoms with Gasteiger partial charge in [-0.3, -0.25) is 0 Å². The van der Waals surface area contributed by atoms with Gasteiger partial charge in [-0.1, -0.05) is 19.1 Å². The van der Waals surface area contributed by atoms with Gasteiger partial charge in [-0.25, -0.2) is 4.39 Å². The summed E-state index contributed by atoms with van der Waals surface area (Å²) >= 11 is 0. The van der Waals surface area contributed by atoms with Gasteiger partial charge in [0.1, 0.15) is 6.17 Å². The highest BCUT2D eigenvalue weighted by molar-refractivity contribution is 4.95. The largest absolute Gasteiger partial charge is 0.327 e. The molecular formula is C8H16FN. The van der Waals surface area contributed by atoms with E-state index in [0.29, 0.717) is 19.4 Å². The third-order valence-corrected chi connectivity index (χ3v) is 1.54. The first-order valence-corrected chi connectivity index (χ1v) is 3.71. The third-order valence-electron chi connectivity index (χ3n) is 1.54. The van der Waals surface area contributed by atoms with Gasteiger partial charge in [-0.05, 0) is 19.3 Å². The highest BCUT2D eigenvalue weighted by Gasteiger charge is 2.02. The monoisotopic (exact) mass is 145 g/mol. The van der Waals surface area contributed by atoms with E-state index in [1.807, 2.05) is 6.92 Å². The van der Waals surface area contributed by atoms with Crippen LogP contribution >= 0.6 is 0 Å². The van der Waals surface area contributed by atoms with E-state index >= 15 is 0 Å². The smallest absolute Gasteiger partial charge is 0.100 e. The fourth-order valence-electron chi connectivity index (χ4n) is 0.667. The molecule has 1 atom stereocenters. The molecule has 1 nitrogen and oxygen atoms in total. The molecule has 0 spiro atoms. The van der Waals surface area contributed by atoms with Crippen molar-refractivity contribution in [3.63, 3.8) is 0 Å². The quantitative estimate of drug-likeness (QED) is 0.588. The van der Waals surface area contributed by atoms with Crippen molar-refractivity contribution >= 4 is 0 Å². The zero-order valence-electron chi connectivity index (χ0n) is 6.57. The van der Waals surface area contributed by atoms with Crippen molar-refractivity contribution in [1.29, 1.82) is 0 Å².